The molecule has 21 heavy (non-hydrogen) atoms. The average Bonchev–Trinajstić information content (AvgIpc) is 2.49. The van der Waals surface area contributed by atoms with Crippen molar-refractivity contribution in [2.75, 3.05) is 18.5 Å². The zero-order valence-corrected chi connectivity index (χ0v) is 13.0. The van der Waals surface area contributed by atoms with Gasteiger partial charge in [-0.3, -0.25) is 0 Å². The predicted molar refractivity (Wildman–Crippen MR) is 87.6 cm³/mol. The Labute approximate surface area is 126 Å². The number of aryl methyl sites for hydroxylation is 1. The van der Waals surface area contributed by atoms with Gasteiger partial charge < -0.3 is 10.2 Å². The molecule has 0 fully saturated rings. The van der Waals surface area contributed by atoms with Crippen molar-refractivity contribution in [1.82, 2.24) is 5.32 Å². The zero-order valence-electron chi connectivity index (χ0n) is 13.0. The standard InChI is InChI=1S/C18H23FN2/c1-4-12-20-13-16-17(19)6-5-7-18(16)21(3)15-10-8-14(2)9-11-15/h5-11,20H,4,12-13H2,1-3H3. The Kier molecular flexibility index (Phi) is 5.34. The van der Waals surface area contributed by atoms with Gasteiger partial charge in [-0.25, -0.2) is 4.39 Å². The Balaban J connectivity index is 2.29. The largest absolute Gasteiger partial charge is 0.344 e. The van der Waals surface area contributed by atoms with Crippen molar-refractivity contribution in [3.8, 4) is 0 Å². The van der Waals surface area contributed by atoms with Gasteiger partial charge in [-0.1, -0.05) is 30.7 Å². The SMILES string of the molecule is CCCNCc1c(F)cccc1N(C)c1ccc(C)cc1. The molecule has 0 aliphatic carbocycles. The number of halogens is 1. The second-order valence-corrected chi connectivity index (χ2v) is 5.31. The van der Waals surface area contributed by atoms with E-state index < -0.39 is 0 Å². The second kappa shape index (κ2) is 7.23. The first-order chi connectivity index (χ1) is 10.1. The number of hydrogen-bond acceptors (Lipinski definition) is 2. The van der Waals surface area contributed by atoms with Gasteiger partial charge in [0.2, 0.25) is 0 Å². The van der Waals surface area contributed by atoms with Gasteiger partial charge in [0.15, 0.2) is 0 Å². The summed E-state index contributed by atoms with van der Waals surface area (Å²) in [6, 6.07) is 13.5. The van der Waals surface area contributed by atoms with Gasteiger partial charge in [-0.15, -0.1) is 0 Å². The molecule has 112 valence electrons. The smallest absolute Gasteiger partial charge is 0.129 e. The van der Waals surface area contributed by atoms with Gasteiger partial charge in [0.1, 0.15) is 5.82 Å². The van der Waals surface area contributed by atoms with E-state index in [0.29, 0.717) is 12.1 Å². The van der Waals surface area contributed by atoms with Crippen LogP contribution < -0.4 is 10.2 Å². The van der Waals surface area contributed by atoms with E-state index in [0.717, 1.165) is 24.3 Å². The van der Waals surface area contributed by atoms with Crippen molar-refractivity contribution < 1.29 is 4.39 Å². The molecule has 0 saturated heterocycles. The highest BCUT2D eigenvalue weighted by molar-refractivity contribution is 5.66. The maximum Gasteiger partial charge on any atom is 0.129 e. The van der Waals surface area contributed by atoms with Crippen LogP contribution in [-0.4, -0.2) is 13.6 Å². The average molecular weight is 286 g/mol. The summed E-state index contributed by atoms with van der Waals surface area (Å²) in [5.41, 5.74) is 3.90. The van der Waals surface area contributed by atoms with Crippen LogP contribution in [0.5, 0.6) is 0 Å². The Morgan fingerprint density at radius 2 is 1.81 bits per heavy atom. The topological polar surface area (TPSA) is 15.3 Å². The molecule has 0 amide bonds. The number of nitrogens with zero attached hydrogens (tertiary/aromatic N) is 1. The van der Waals surface area contributed by atoms with Gasteiger partial charge in [-0.2, -0.15) is 0 Å². The Morgan fingerprint density at radius 1 is 1.10 bits per heavy atom. The molecule has 2 aromatic rings. The molecule has 1 N–H and O–H groups in total. The number of hydrogen-bond donors (Lipinski definition) is 1. The fraction of sp³-hybridized carbons (Fsp3) is 0.333. The van der Waals surface area contributed by atoms with Crippen molar-refractivity contribution >= 4 is 11.4 Å². The third kappa shape index (κ3) is 3.82. The molecular weight excluding hydrogens is 263 g/mol. The Morgan fingerprint density at radius 3 is 2.48 bits per heavy atom. The third-order valence-corrected chi connectivity index (χ3v) is 3.61. The highest BCUT2D eigenvalue weighted by Gasteiger charge is 2.12. The van der Waals surface area contributed by atoms with Crippen LogP contribution in [0.15, 0.2) is 42.5 Å². The Hall–Kier alpha value is -1.87. The van der Waals surface area contributed by atoms with Gasteiger partial charge in [0.05, 0.1) is 0 Å². The molecule has 0 spiro atoms. The number of nitrogens with one attached hydrogen (secondary N) is 1. The van der Waals surface area contributed by atoms with E-state index >= 15 is 0 Å². The molecule has 2 rings (SSSR count). The second-order valence-electron chi connectivity index (χ2n) is 5.31. The lowest BCUT2D eigenvalue weighted by atomic mass is 10.1. The molecule has 0 atom stereocenters. The van der Waals surface area contributed by atoms with Gasteiger partial charge in [-0.05, 0) is 44.2 Å². The minimum absolute atomic E-state index is 0.157. The lowest BCUT2D eigenvalue weighted by Crippen LogP contribution is -2.19. The summed E-state index contributed by atoms with van der Waals surface area (Å²) in [5, 5.41) is 3.28. The van der Waals surface area contributed by atoms with Crippen LogP contribution in [0.4, 0.5) is 15.8 Å². The van der Waals surface area contributed by atoms with Crippen molar-refractivity contribution in [3.63, 3.8) is 0 Å². The summed E-state index contributed by atoms with van der Waals surface area (Å²) < 4.78 is 14.2. The number of anilines is 2. The molecule has 2 nitrogen and oxygen atoms in total. The monoisotopic (exact) mass is 286 g/mol. The van der Waals surface area contributed by atoms with Crippen molar-refractivity contribution in [2.45, 2.75) is 26.8 Å². The van der Waals surface area contributed by atoms with Gasteiger partial charge in [0, 0.05) is 30.5 Å². The number of benzene rings is 2. The first-order valence-corrected chi connectivity index (χ1v) is 7.42. The maximum atomic E-state index is 14.2. The minimum Gasteiger partial charge on any atom is -0.344 e. The van der Waals surface area contributed by atoms with Crippen LogP contribution >= 0.6 is 0 Å². The van der Waals surface area contributed by atoms with Crippen LogP contribution in [0.25, 0.3) is 0 Å². The number of rotatable bonds is 6. The summed E-state index contributed by atoms with van der Waals surface area (Å²) in [7, 11) is 1.97. The quantitative estimate of drug-likeness (QED) is 0.792. The summed E-state index contributed by atoms with van der Waals surface area (Å²) in [4.78, 5) is 2.03. The molecule has 0 aliphatic rings. The first kappa shape index (κ1) is 15.5. The van der Waals surface area contributed by atoms with Crippen LogP contribution in [0, 0.1) is 12.7 Å². The van der Waals surface area contributed by atoms with Crippen LogP contribution in [0.2, 0.25) is 0 Å². The van der Waals surface area contributed by atoms with Gasteiger partial charge >= 0.3 is 0 Å². The maximum absolute atomic E-state index is 14.2. The molecule has 0 radical (unpaired) electrons. The molecule has 0 aromatic heterocycles. The van der Waals surface area contributed by atoms with E-state index in [9.17, 15) is 4.39 Å². The fourth-order valence-corrected chi connectivity index (χ4v) is 2.33. The summed E-state index contributed by atoms with van der Waals surface area (Å²) in [6.45, 7) is 5.60. The minimum atomic E-state index is -0.157. The van der Waals surface area contributed by atoms with E-state index in [1.807, 2.05) is 18.0 Å². The van der Waals surface area contributed by atoms with E-state index in [1.165, 1.54) is 11.6 Å². The molecule has 0 saturated carbocycles. The summed E-state index contributed by atoms with van der Waals surface area (Å²) in [6.07, 6.45) is 1.04. The lowest BCUT2D eigenvalue weighted by Gasteiger charge is -2.23. The fourth-order valence-electron chi connectivity index (χ4n) is 2.33. The molecule has 0 bridgehead atoms. The van der Waals surface area contributed by atoms with Gasteiger partial charge in [0.25, 0.3) is 0 Å². The molecule has 0 unspecified atom stereocenters. The molecule has 3 heteroatoms. The van der Waals surface area contributed by atoms with Crippen molar-refractivity contribution in [2.24, 2.45) is 0 Å². The van der Waals surface area contributed by atoms with Crippen LogP contribution in [0.1, 0.15) is 24.5 Å². The molecular formula is C18H23FN2. The summed E-state index contributed by atoms with van der Waals surface area (Å²) >= 11 is 0. The lowest BCUT2D eigenvalue weighted by molar-refractivity contribution is 0.586. The molecule has 2 aromatic carbocycles. The van der Waals surface area contributed by atoms with E-state index in [4.69, 9.17) is 0 Å². The molecule has 0 heterocycles. The first-order valence-electron chi connectivity index (χ1n) is 7.42. The van der Waals surface area contributed by atoms with Crippen molar-refractivity contribution in [3.05, 3.63) is 59.4 Å². The highest BCUT2D eigenvalue weighted by atomic mass is 19.1. The highest BCUT2D eigenvalue weighted by Crippen LogP contribution is 2.28. The van der Waals surface area contributed by atoms with Crippen LogP contribution in [-0.2, 0) is 6.54 Å². The zero-order chi connectivity index (χ0) is 15.2. The predicted octanol–water partition coefficient (Wildman–Crippen LogP) is 4.40. The molecule has 0 aliphatic heterocycles. The summed E-state index contributed by atoms with van der Waals surface area (Å²) in [5.74, 6) is -0.157. The Bertz CT molecular complexity index is 578. The van der Waals surface area contributed by atoms with Crippen LogP contribution in [0.3, 0.4) is 0 Å². The van der Waals surface area contributed by atoms with E-state index in [2.05, 4.69) is 43.4 Å². The van der Waals surface area contributed by atoms with E-state index in [-0.39, 0.29) is 5.82 Å². The normalized spacial score (nSPS) is 10.7. The van der Waals surface area contributed by atoms with Crippen molar-refractivity contribution in [1.29, 1.82) is 0 Å². The third-order valence-electron chi connectivity index (χ3n) is 3.61. The van der Waals surface area contributed by atoms with E-state index in [1.54, 1.807) is 6.07 Å².